The van der Waals surface area contributed by atoms with Crippen molar-refractivity contribution in [2.45, 2.75) is 19.8 Å². The van der Waals surface area contributed by atoms with Gasteiger partial charge in [-0.05, 0) is 28.8 Å². The molecule has 0 atom stereocenters. The van der Waals surface area contributed by atoms with Crippen LogP contribution in [0.1, 0.15) is 27.0 Å². The van der Waals surface area contributed by atoms with Gasteiger partial charge < -0.3 is 23.7 Å². The number of benzene rings is 4. The molecule has 4 rings (SSSR count). The van der Waals surface area contributed by atoms with Crippen LogP contribution in [0.3, 0.4) is 0 Å². The predicted molar refractivity (Wildman–Crippen MR) is 150 cm³/mol. The third-order valence-corrected chi connectivity index (χ3v) is 5.68. The van der Waals surface area contributed by atoms with Crippen LogP contribution in [0.25, 0.3) is 0 Å². The fraction of sp³-hybridized carbons (Fsp3) is 0.152. The van der Waals surface area contributed by atoms with Gasteiger partial charge in [0, 0.05) is 6.08 Å². The smallest absolute Gasteiger partial charge is 0.338 e. The Kier molecular flexibility index (Phi) is 10.3. The van der Waals surface area contributed by atoms with E-state index in [0.29, 0.717) is 17.2 Å². The first-order valence-corrected chi connectivity index (χ1v) is 12.8. The first-order chi connectivity index (χ1) is 19.6. The monoisotopic (exact) mass is 538 g/mol. The van der Waals surface area contributed by atoms with Gasteiger partial charge in [0.05, 0.1) is 5.56 Å². The number of ether oxygens (including phenoxy) is 5. The van der Waals surface area contributed by atoms with Gasteiger partial charge in [-0.25, -0.2) is 9.59 Å². The van der Waals surface area contributed by atoms with E-state index in [4.69, 9.17) is 23.7 Å². The van der Waals surface area contributed by atoms with Crippen LogP contribution in [0.4, 0.5) is 0 Å². The molecule has 0 aliphatic carbocycles. The lowest BCUT2D eigenvalue weighted by Gasteiger charge is -2.19. The maximum atomic E-state index is 13.0. The quantitative estimate of drug-likeness (QED) is 0.106. The zero-order valence-electron chi connectivity index (χ0n) is 22.0. The van der Waals surface area contributed by atoms with Gasteiger partial charge in [0.2, 0.25) is 5.75 Å². The van der Waals surface area contributed by atoms with E-state index in [1.165, 1.54) is 0 Å². The summed E-state index contributed by atoms with van der Waals surface area (Å²) in [7, 11) is 0. The van der Waals surface area contributed by atoms with Crippen LogP contribution in [0.15, 0.2) is 116 Å². The summed E-state index contributed by atoms with van der Waals surface area (Å²) in [5, 5.41) is 0. The fourth-order valence-electron chi connectivity index (χ4n) is 3.67. The third-order valence-electron chi connectivity index (χ3n) is 5.68. The van der Waals surface area contributed by atoms with Crippen LogP contribution < -0.4 is 14.2 Å². The maximum absolute atomic E-state index is 13.0. The largest absolute Gasteiger partial charge is 0.485 e. The highest BCUT2D eigenvalue weighted by Crippen LogP contribution is 2.40. The molecule has 0 saturated carbocycles. The molecule has 0 bridgehead atoms. The summed E-state index contributed by atoms with van der Waals surface area (Å²) in [5.41, 5.74) is 3.05. The second kappa shape index (κ2) is 14.8. The molecule has 0 N–H and O–H groups in total. The summed E-state index contributed by atoms with van der Waals surface area (Å²) in [6.45, 7) is 3.89. The van der Waals surface area contributed by atoms with E-state index in [2.05, 4.69) is 6.58 Å². The second-order valence-electron chi connectivity index (χ2n) is 8.63. The van der Waals surface area contributed by atoms with Crippen molar-refractivity contribution in [3.8, 4) is 17.2 Å². The van der Waals surface area contributed by atoms with Gasteiger partial charge in [0.1, 0.15) is 33.0 Å². The number of hydrogen-bond donors (Lipinski definition) is 0. The van der Waals surface area contributed by atoms with E-state index < -0.39 is 11.9 Å². The number of hydrogen-bond acceptors (Lipinski definition) is 7. The minimum atomic E-state index is -0.626. The highest BCUT2D eigenvalue weighted by Gasteiger charge is 2.20. The van der Waals surface area contributed by atoms with E-state index in [1.807, 2.05) is 91.0 Å². The third kappa shape index (κ3) is 8.49. The lowest BCUT2D eigenvalue weighted by molar-refractivity contribution is -0.138. The number of rotatable bonds is 14. The summed E-state index contributed by atoms with van der Waals surface area (Å²) < 4.78 is 28.8. The normalized spacial score (nSPS) is 10.3. The molecule has 0 aromatic heterocycles. The molecule has 0 amide bonds. The zero-order valence-corrected chi connectivity index (χ0v) is 22.0. The van der Waals surface area contributed by atoms with Crippen molar-refractivity contribution in [2.75, 3.05) is 13.2 Å². The van der Waals surface area contributed by atoms with Crippen molar-refractivity contribution in [3.05, 3.63) is 138 Å². The Morgan fingerprint density at radius 1 is 0.600 bits per heavy atom. The predicted octanol–water partition coefficient (Wildman–Crippen LogP) is 6.31. The molecule has 7 nitrogen and oxygen atoms in total. The zero-order chi connectivity index (χ0) is 28.0. The van der Waals surface area contributed by atoms with E-state index in [1.54, 1.807) is 12.1 Å². The minimum Gasteiger partial charge on any atom is -0.485 e. The van der Waals surface area contributed by atoms with Crippen LogP contribution in [0.2, 0.25) is 0 Å². The Morgan fingerprint density at radius 3 is 1.48 bits per heavy atom. The molecular weight excluding hydrogens is 508 g/mol. The molecule has 40 heavy (non-hydrogen) atoms. The second-order valence-corrected chi connectivity index (χ2v) is 8.63. The molecule has 0 aliphatic heterocycles. The molecule has 0 fully saturated rings. The molecule has 7 heteroatoms. The Balaban J connectivity index is 1.62. The van der Waals surface area contributed by atoms with Crippen molar-refractivity contribution in [1.82, 2.24) is 0 Å². The summed E-state index contributed by atoms with van der Waals surface area (Å²) in [6.07, 6.45) is 1.04. The van der Waals surface area contributed by atoms with Crippen molar-refractivity contribution in [1.29, 1.82) is 0 Å². The standard InChI is InChI=1S/C33H30O7/c1-2-31(34)36-18-19-37-33(35)28-20-29(38-22-25-12-6-3-7-13-25)32(40-24-27-16-10-5-11-17-27)30(21-28)39-23-26-14-8-4-9-15-26/h2-17,20-21H,1,18-19,22-24H2. The Labute approximate surface area is 233 Å². The Morgan fingerprint density at radius 2 is 1.02 bits per heavy atom. The Hall–Kier alpha value is -5.04. The molecule has 4 aromatic carbocycles. The van der Waals surface area contributed by atoms with Crippen LogP contribution >= 0.6 is 0 Å². The molecule has 0 saturated heterocycles. The van der Waals surface area contributed by atoms with Gasteiger partial charge in [-0.3, -0.25) is 0 Å². The van der Waals surface area contributed by atoms with E-state index in [-0.39, 0.29) is 38.6 Å². The first kappa shape index (κ1) is 28.0. The number of carbonyl (C=O) groups is 2. The maximum Gasteiger partial charge on any atom is 0.338 e. The lowest BCUT2D eigenvalue weighted by Crippen LogP contribution is -2.13. The van der Waals surface area contributed by atoms with Gasteiger partial charge in [-0.2, -0.15) is 0 Å². The summed E-state index contributed by atoms with van der Waals surface area (Å²) in [6, 6.07) is 32.2. The highest BCUT2D eigenvalue weighted by molar-refractivity contribution is 5.91. The molecule has 0 radical (unpaired) electrons. The van der Waals surface area contributed by atoms with Crippen LogP contribution in [0, 0.1) is 0 Å². The number of esters is 2. The molecule has 0 spiro atoms. The van der Waals surface area contributed by atoms with E-state index >= 15 is 0 Å². The number of carbonyl (C=O) groups excluding carboxylic acids is 2. The highest BCUT2D eigenvalue weighted by atomic mass is 16.6. The molecular formula is C33H30O7. The molecule has 4 aromatic rings. The average molecular weight is 539 g/mol. The molecule has 0 unspecified atom stereocenters. The first-order valence-electron chi connectivity index (χ1n) is 12.8. The summed E-state index contributed by atoms with van der Waals surface area (Å²) in [5.74, 6) is -0.194. The van der Waals surface area contributed by atoms with Crippen LogP contribution in [0.5, 0.6) is 17.2 Å². The van der Waals surface area contributed by atoms with Gasteiger partial charge in [0.25, 0.3) is 0 Å². The summed E-state index contributed by atoms with van der Waals surface area (Å²) >= 11 is 0. The van der Waals surface area contributed by atoms with Gasteiger partial charge in [-0.15, -0.1) is 0 Å². The lowest BCUT2D eigenvalue weighted by atomic mass is 10.1. The summed E-state index contributed by atoms with van der Waals surface area (Å²) in [4.78, 5) is 24.2. The molecule has 0 heterocycles. The van der Waals surface area contributed by atoms with Gasteiger partial charge in [-0.1, -0.05) is 97.6 Å². The molecule has 0 aliphatic rings. The topological polar surface area (TPSA) is 80.3 Å². The van der Waals surface area contributed by atoms with Crippen LogP contribution in [-0.4, -0.2) is 25.2 Å². The van der Waals surface area contributed by atoms with Crippen molar-refractivity contribution in [2.24, 2.45) is 0 Å². The molecule has 204 valence electrons. The Bertz CT molecular complexity index is 1320. The van der Waals surface area contributed by atoms with Gasteiger partial charge in [0.15, 0.2) is 11.5 Å². The van der Waals surface area contributed by atoms with Crippen LogP contribution in [-0.2, 0) is 34.1 Å². The van der Waals surface area contributed by atoms with Crippen molar-refractivity contribution < 1.29 is 33.3 Å². The SMILES string of the molecule is C=CC(=O)OCCOC(=O)c1cc(OCc2ccccc2)c(OCc2ccccc2)c(OCc2ccccc2)c1. The van der Waals surface area contributed by atoms with Crippen molar-refractivity contribution in [3.63, 3.8) is 0 Å². The van der Waals surface area contributed by atoms with E-state index in [0.717, 1.165) is 22.8 Å². The van der Waals surface area contributed by atoms with Crippen molar-refractivity contribution >= 4 is 11.9 Å². The van der Waals surface area contributed by atoms with E-state index in [9.17, 15) is 9.59 Å². The van der Waals surface area contributed by atoms with Gasteiger partial charge >= 0.3 is 11.9 Å². The fourth-order valence-corrected chi connectivity index (χ4v) is 3.67. The minimum absolute atomic E-state index is 0.0937. The average Bonchev–Trinajstić information content (AvgIpc) is 3.01.